The summed E-state index contributed by atoms with van der Waals surface area (Å²) in [7, 11) is 1.75. The van der Waals surface area contributed by atoms with Crippen LogP contribution in [0.3, 0.4) is 0 Å². The van der Waals surface area contributed by atoms with Crippen molar-refractivity contribution in [2.75, 3.05) is 32.1 Å². The summed E-state index contributed by atoms with van der Waals surface area (Å²) in [6.45, 7) is 2.45. The van der Waals surface area contributed by atoms with Crippen LogP contribution in [0, 0.1) is 5.92 Å². The van der Waals surface area contributed by atoms with Crippen LogP contribution in [0.2, 0.25) is 0 Å². The minimum absolute atomic E-state index is 0.0432. The summed E-state index contributed by atoms with van der Waals surface area (Å²) in [6.07, 6.45) is 11.7. The molecule has 0 unspecified atom stereocenters. The van der Waals surface area contributed by atoms with Gasteiger partial charge in [0.25, 0.3) is 5.91 Å². The number of carbonyl (C=O) groups excluding carboxylic acids is 1. The van der Waals surface area contributed by atoms with Gasteiger partial charge in [0, 0.05) is 56.4 Å². The molecule has 1 amide bonds. The quantitative estimate of drug-likeness (QED) is 0.491. The van der Waals surface area contributed by atoms with Gasteiger partial charge in [-0.1, -0.05) is 0 Å². The standard InChI is InChI=1S/C24H27N7O2/c1-33-15-16-10-18(11-16)27-24-26-12-20-19(6-9-31(20)28-24)17-4-5-22-25-13-21(30(22)14-17)23(32)29-7-2-3-8-29/h4-6,9,12-14,16,18H,2-3,7-8,10-11,15H2,1H3,(H,27,28). The van der Waals surface area contributed by atoms with Crippen LogP contribution in [-0.2, 0) is 4.74 Å². The molecule has 1 aliphatic carbocycles. The zero-order valence-electron chi connectivity index (χ0n) is 18.6. The highest BCUT2D eigenvalue weighted by atomic mass is 16.5. The van der Waals surface area contributed by atoms with Crippen molar-refractivity contribution in [1.29, 1.82) is 0 Å². The van der Waals surface area contributed by atoms with Crippen LogP contribution in [0.5, 0.6) is 0 Å². The highest BCUT2D eigenvalue weighted by Gasteiger charge is 2.29. The molecule has 9 nitrogen and oxygen atoms in total. The number of nitrogens with zero attached hydrogens (tertiary/aromatic N) is 6. The molecule has 0 bridgehead atoms. The number of ether oxygens (including phenoxy) is 1. The predicted octanol–water partition coefficient (Wildman–Crippen LogP) is 3.12. The minimum Gasteiger partial charge on any atom is -0.384 e. The number of aromatic nitrogens is 5. The Bertz CT molecular complexity index is 1320. The van der Waals surface area contributed by atoms with Crippen LogP contribution in [0.25, 0.3) is 22.3 Å². The van der Waals surface area contributed by atoms with Crippen LogP contribution in [0.15, 0.2) is 43.0 Å². The molecule has 6 rings (SSSR count). The number of hydrogen-bond donors (Lipinski definition) is 1. The molecule has 0 aromatic carbocycles. The largest absolute Gasteiger partial charge is 0.384 e. The van der Waals surface area contributed by atoms with E-state index in [0.29, 0.717) is 23.6 Å². The summed E-state index contributed by atoms with van der Waals surface area (Å²) in [5.41, 5.74) is 4.29. The summed E-state index contributed by atoms with van der Waals surface area (Å²) in [5.74, 6) is 1.30. The lowest BCUT2D eigenvalue weighted by atomic mass is 9.81. The Labute approximate surface area is 191 Å². The Balaban J connectivity index is 1.27. The molecule has 0 spiro atoms. The van der Waals surface area contributed by atoms with E-state index in [2.05, 4.69) is 20.4 Å². The number of carbonyl (C=O) groups is 1. The number of rotatable bonds is 6. The van der Waals surface area contributed by atoms with E-state index in [4.69, 9.17) is 4.74 Å². The maximum atomic E-state index is 13.0. The van der Waals surface area contributed by atoms with Gasteiger partial charge in [-0.25, -0.2) is 14.5 Å². The van der Waals surface area contributed by atoms with E-state index in [9.17, 15) is 4.79 Å². The average molecular weight is 446 g/mol. The van der Waals surface area contributed by atoms with Gasteiger partial charge < -0.3 is 15.0 Å². The molecule has 4 aromatic heterocycles. The molecule has 1 N–H and O–H groups in total. The number of fused-ring (bicyclic) bond motifs is 2. The predicted molar refractivity (Wildman–Crippen MR) is 124 cm³/mol. The lowest BCUT2D eigenvalue weighted by Crippen LogP contribution is -2.38. The summed E-state index contributed by atoms with van der Waals surface area (Å²) >= 11 is 0. The fraction of sp³-hybridized carbons (Fsp3) is 0.417. The molecular formula is C24H27N7O2. The van der Waals surface area contributed by atoms with Gasteiger partial charge in [0.05, 0.1) is 17.9 Å². The molecule has 1 saturated carbocycles. The summed E-state index contributed by atoms with van der Waals surface area (Å²) in [6, 6.07) is 6.40. The Hall–Kier alpha value is -3.46. The van der Waals surface area contributed by atoms with Gasteiger partial charge in [-0.2, -0.15) is 0 Å². The molecule has 4 aromatic rings. The van der Waals surface area contributed by atoms with Crippen LogP contribution >= 0.6 is 0 Å². The monoisotopic (exact) mass is 445 g/mol. The topological polar surface area (TPSA) is 89.1 Å². The Kier molecular flexibility index (Phi) is 4.98. The van der Waals surface area contributed by atoms with E-state index in [0.717, 1.165) is 67.7 Å². The van der Waals surface area contributed by atoms with Gasteiger partial charge >= 0.3 is 0 Å². The summed E-state index contributed by atoms with van der Waals surface area (Å²) in [4.78, 5) is 23.9. The van der Waals surface area contributed by atoms with Crippen molar-refractivity contribution in [3.8, 4) is 11.1 Å². The van der Waals surface area contributed by atoms with Gasteiger partial charge in [0.1, 0.15) is 11.3 Å². The first-order valence-corrected chi connectivity index (χ1v) is 11.6. The fourth-order valence-corrected chi connectivity index (χ4v) is 5.00. The number of pyridine rings is 1. The second kappa shape index (κ2) is 8.15. The van der Waals surface area contributed by atoms with Crippen LogP contribution in [-0.4, -0.2) is 67.6 Å². The smallest absolute Gasteiger partial charge is 0.272 e. The van der Waals surface area contributed by atoms with Crippen LogP contribution in [0.4, 0.5) is 5.95 Å². The SMILES string of the molecule is COCC1CC(Nc2ncc3c(-c4ccc5ncc(C(=O)N6CCCC6)n5c4)ccn3n2)C1. The van der Waals surface area contributed by atoms with E-state index in [1.54, 1.807) is 13.3 Å². The number of anilines is 1. The molecular weight excluding hydrogens is 418 g/mol. The van der Waals surface area contributed by atoms with E-state index >= 15 is 0 Å². The third kappa shape index (κ3) is 3.62. The molecule has 2 fully saturated rings. The van der Waals surface area contributed by atoms with Crippen LogP contribution < -0.4 is 5.32 Å². The first-order valence-electron chi connectivity index (χ1n) is 11.6. The molecule has 2 aliphatic rings. The lowest BCUT2D eigenvalue weighted by Gasteiger charge is -2.35. The number of imidazole rings is 1. The van der Waals surface area contributed by atoms with Crippen molar-refractivity contribution in [3.63, 3.8) is 0 Å². The summed E-state index contributed by atoms with van der Waals surface area (Å²) < 4.78 is 8.97. The molecule has 1 saturated heterocycles. The Morgan fingerprint density at radius 2 is 2.00 bits per heavy atom. The average Bonchev–Trinajstić information content (AvgIpc) is 3.56. The molecule has 5 heterocycles. The molecule has 0 atom stereocenters. The van der Waals surface area contributed by atoms with E-state index in [1.807, 2.05) is 50.6 Å². The molecule has 1 aliphatic heterocycles. The van der Waals surface area contributed by atoms with E-state index < -0.39 is 0 Å². The van der Waals surface area contributed by atoms with Crippen molar-refractivity contribution >= 4 is 23.0 Å². The normalized spacial score (nSPS) is 20.5. The molecule has 170 valence electrons. The van der Waals surface area contributed by atoms with Gasteiger partial charge in [-0.05, 0) is 49.8 Å². The third-order valence-corrected chi connectivity index (χ3v) is 6.82. The van der Waals surface area contributed by atoms with E-state index in [1.165, 1.54) is 0 Å². The number of amides is 1. The zero-order chi connectivity index (χ0) is 22.4. The zero-order valence-corrected chi connectivity index (χ0v) is 18.6. The highest BCUT2D eigenvalue weighted by molar-refractivity contribution is 5.93. The maximum absolute atomic E-state index is 13.0. The minimum atomic E-state index is 0.0432. The lowest BCUT2D eigenvalue weighted by molar-refractivity contribution is 0.0786. The highest BCUT2D eigenvalue weighted by Crippen LogP contribution is 2.30. The third-order valence-electron chi connectivity index (χ3n) is 6.82. The van der Waals surface area contributed by atoms with Gasteiger partial charge in [-0.15, -0.1) is 5.10 Å². The van der Waals surface area contributed by atoms with Crippen LogP contribution in [0.1, 0.15) is 36.2 Å². The van der Waals surface area contributed by atoms with Crippen molar-refractivity contribution in [2.45, 2.75) is 31.7 Å². The second-order valence-electron chi connectivity index (χ2n) is 9.06. The number of nitrogens with one attached hydrogen (secondary N) is 1. The number of likely N-dealkylation sites (tertiary alicyclic amines) is 1. The summed E-state index contributed by atoms with van der Waals surface area (Å²) in [5, 5.41) is 8.07. The first-order chi connectivity index (χ1) is 16.2. The maximum Gasteiger partial charge on any atom is 0.272 e. The molecule has 0 radical (unpaired) electrons. The van der Waals surface area contributed by atoms with Crippen molar-refractivity contribution in [2.24, 2.45) is 5.92 Å². The second-order valence-corrected chi connectivity index (χ2v) is 9.06. The molecule has 33 heavy (non-hydrogen) atoms. The number of hydrogen-bond acceptors (Lipinski definition) is 6. The molecule has 9 heteroatoms. The Morgan fingerprint density at radius 1 is 1.15 bits per heavy atom. The van der Waals surface area contributed by atoms with E-state index in [-0.39, 0.29) is 5.91 Å². The van der Waals surface area contributed by atoms with Crippen molar-refractivity contribution in [3.05, 3.63) is 48.7 Å². The van der Waals surface area contributed by atoms with Crippen molar-refractivity contribution in [1.82, 2.24) is 28.9 Å². The van der Waals surface area contributed by atoms with Crippen molar-refractivity contribution < 1.29 is 9.53 Å². The Morgan fingerprint density at radius 3 is 2.82 bits per heavy atom. The van der Waals surface area contributed by atoms with Gasteiger partial charge in [0.15, 0.2) is 0 Å². The first kappa shape index (κ1) is 20.2. The van der Waals surface area contributed by atoms with Gasteiger partial charge in [-0.3, -0.25) is 9.20 Å². The fourth-order valence-electron chi connectivity index (χ4n) is 5.00. The number of methoxy groups -OCH3 is 1. The van der Waals surface area contributed by atoms with Gasteiger partial charge in [0.2, 0.25) is 5.95 Å².